The molecule has 0 radical (unpaired) electrons. The summed E-state index contributed by atoms with van der Waals surface area (Å²) in [5.41, 5.74) is 0.665. The number of benzene rings is 1. The number of aromatic nitrogens is 1. The number of nitrogens with one attached hydrogen (secondary N) is 1. The molecular weight excluding hydrogens is 323 g/mol. The summed E-state index contributed by atoms with van der Waals surface area (Å²) in [6.07, 6.45) is 0. The van der Waals surface area contributed by atoms with Crippen LogP contribution in [0.3, 0.4) is 0 Å². The predicted molar refractivity (Wildman–Crippen MR) is 71.3 cm³/mol. The number of carbonyl (C=O) groups is 1. The van der Waals surface area contributed by atoms with E-state index in [0.29, 0.717) is 5.69 Å². The first-order chi connectivity index (χ1) is 8.56. The number of amides is 1. The van der Waals surface area contributed by atoms with Crippen LogP contribution in [0.15, 0.2) is 40.9 Å². The monoisotopic (exact) mass is 328 g/mol. The average molecular weight is 330 g/mol. The predicted octanol–water partition coefficient (Wildman–Crippen LogP) is 3.89. The van der Waals surface area contributed by atoms with Gasteiger partial charge in [0.2, 0.25) is 0 Å². The fourth-order valence-electron chi connectivity index (χ4n) is 1.30. The average Bonchev–Trinajstić information content (AvgIpc) is 2.34. The molecule has 0 saturated heterocycles. The van der Waals surface area contributed by atoms with Gasteiger partial charge in [0.05, 0.1) is 4.47 Å². The SMILES string of the molecule is O=C(Nc1ccc(F)c(Br)c1)c1cccc(Cl)n1. The molecule has 6 heteroatoms. The van der Waals surface area contributed by atoms with E-state index in [0.717, 1.165) is 0 Å². The van der Waals surface area contributed by atoms with Crippen molar-refractivity contribution in [2.24, 2.45) is 0 Å². The second-order valence-corrected chi connectivity index (χ2v) is 4.67. The van der Waals surface area contributed by atoms with Gasteiger partial charge in [0.15, 0.2) is 0 Å². The molecule has 0 saturated carbocycles. The van der Waals surface area contributed by atoms with Crippen molar-refractivity contribution < 1.29 is 9.18 Å². The van der Waals surface area contributed by atoms with Crippen LogP contribution in [0.2, 0.25) is 5.15 Å². The Balaban J connectivity index is 2.18. The minimum Gasteiger partial charge on any atom is -0.321 e. The Bertz CT molecular complexity index is 606. The van der Waals surface area contributed by atoms with E-state index in [1.54, 1.807) is 18.2 Å². The van der Waals surface area contributed by atoms with E-state index in [4.69, 9.17) is 11.6 Å². The Labute approximate surface area is 116 Å². The maximum Gasteiger partial charge on any atom is 0.274 e. The summed E-state index contributed by atoms with van der Waals surface area (Å²) in [6.45, 7) is 0. The Hall–Kier alpha value is -1.46. The summed E-state index contributed by atoms with van der Waals surface area (Å²) in [7, 11) is 0. The molecule has 18 heavy (non-hydrogen) atoms. The molecule has 3 nitrogen and oxygen atoms in total. The lowest BCUT2D eigenvalue weighted by Gasteiger charge is -2.05. The minimum absolute atomic E-state index is 0.197. The van der Waals surface area contributed by atoms with Crippen LogP contribution in [0.5, 0.6) is 0 Å². The molecule has 1 heterocycles. The summed E-state index contributed by atoms with van der Waals surface area (Å²) in [5, 5.41) is 2.84. The number of halogens is 3. The van der Waals surface area contributed by atoms with Crippen molar-refractivity contribution in [3.63, 3.8) is 0 Å². The zero-order valence-electron chi connectivity index (χ0n) is 8.95. The number of carbonyl (C=O) groups excluding carboxylic acids is 1. The quantitative estimate of drug-likeness (QED) is 0.849. The minimum atomic E-state index is -0.406. The zero-order chi connectivity index (χ0) is 13.1. The molecule has 0 atom stereocenters. The van der Waals surface area contributed by atoms with E-state index < -0.39 is 11.7 Å². The summed E-state index contributed by atoms with van der Waals surface area (Å²) < 4.78 is 13.3. The van der Waals surface area contributed by atoms with Crippen LogP contribution in [0.4, 0.5) is 10.1 Å². The third-order valence-corrected chi connectivity index (χ3v) is 2.94. The van der Waals surface area contributed by atoms with Crippen molar-refractivity contribution in [1.29, 1.82) is 0 Å². The van der Waals surface area contributed by atoms with Crippen LogP contribution < -0.4 is 5.32 Å². The molecule has 0 aliphatic carbocycles. The van der Waals surface area contributed by atoms with E-state index >= 15 is 0 Å². The number of hydrogen-bond acceptors (Lipinski definition) is 2. The molecule has 1 amide bonds. The molecule has 92 valence electrons. The smallest absolute Gasteiger partial charge is 0.274 e. The molecule has 1 aromatic carbocycles. The Morgan fingerprint density at radius 2 is 2.11 bits per heavy atom. The van der Waals surface area contributed by atoms with Gasteiger partial charge in [-0.25, -0.2) is 9.37 Å². The highest BCUT2D eigenvalue weighted by Crippen LogP contribution is 2.20. The number of pyridine rings is 1. The number of nitrogens with zero attached hydrogens (tertiary/aromatic N) is 1. The molecule has 1 N–H and O–H groups in total. The van der Waals surface area contributed by atoms with Gasteiger partial charge in [-0.2, -0.15) is 0 Å². The number of anilines is 1. The standard InChI is InChI=1S/C12H7BrClFN2O/c13-8-6-7(4-5-9(8)15)16-12(18)10-2-1-3-11(14)17-10/h1-6H,(H,16,18). The highest BCUT2D eigenvalue weighted by atomic mass is 79.9. The Morgan fingerprint density at radius 1 is 1.33 bits per heavy atom. The molecule has 0 fully saturated rings. The molecule has 0 bridgehead atoms. The lowest BCUT2D eigenvalue weighted by molar-refractivity contribution is 0.102. The summed E-state index contributed by atoms with van der Waals surface area (Å²) in [6, 6.07) is 8.93. The van der Waals surface area contributed by atoms with Crippen LogP contribution in [0.1, 0.15) is 10.5 Å². The topological polar surface area (TPSA) is 42.0 Å². The second-order valence-electron chi connectivity index (χ2n) is 3.43. The molecule has 0 aliphatic heterocycles. The van der Waals surface area contributed by atoms with Crippen LogP contribution in [-0.2, 0) is 0 Å². The van der Waals surface area contributed by atoms with Crippen molar-refractivity contribution in [3.8, 4) is 0 Å². The van der Waals surface area contributed by atoms with Crippen molar-refractivity contribution in [3.05, 3.63) is 57.5 Å². The van der Waals surface area contributed by atoms with Gasteiger partial charge in [-0.15, -0.1) is 0 Å². The van der Waals surface area contributed by atoms with E-state index in [9.17, 15) is 9.18 Å². The van der Waals surface area contributed by atoms with Crippen molar-refractivity contribution in [1.82, 2.24) is 4.98 Å². The van der Waals surface area contributed by atoms with E-state index in [1.165, 1.54) is 18.2 Å². The van der Waals surface area contributed by atoms with Gasteiger partial charge in [-0.3, -0.25) is 4.79 Å². The normalized spacial score (nSPS) is 10.2. The fourth-order valence-corrected chi connectivity index (χ4v) is 1.85. The molecule has 2 aromatic rings. The van der Waals surface area contributed by atoms with Gasteiger partial charge in [0.1, 0.15) is 16.7 Å². The molecular formula is C12H7BrClFN2O. The third-order valence-electron chi connectivity index (χ3n) is 2.13. The maximum atomic E-state index is 13.0. The third kappa shape index (κ3) is 3.05. The Kier molecular flexibility index (Phi) is 3.93. The fraction of sp³-hybridized carbons (Fsp3) is 0. The van der Waals surface area contributed by atoms with Gasteiger partial charge in [0.25, 0.3) is 5.91 Å². The van der Waals surface area contributed by atoms with Crippen LogP contribution in [-0.4, -0.2) is 10.9 Å². The van der Waals surface area contributed by atoms with Crippen molar-refractivity contribution in [2.45, 2.75) is 0 Å². The second kappa shape index (κ2) is 5.46. The molecule has 2 rings (SSSR count). The van der Waals surface area contributed by atoms with Gasteiger partial charge in [-0.1, -0.05) is 17.7 Å². The molecule has 0 spiro atoms. The molecule has 1 aromatic heterocycles. The van der Waals surface area contributed by atoms with E-state index in [2.05, 4.69) is 26.2 Å². The number of rotatable bonds is 2. The summed E-state index contributed by atoms with van der Waals surface area (Å²) in [4.78, 5) is 15.7. The highest BCUT2D eigenvalue weighted by molar-refractivity contribution is 9.10. The molecule has 0 aliphatic rings. The van der Waals surface area contributed by atoms with E-state index in [1.807, 2.05) is 0 Å². The summed E-state index contributed by atoms with van der Waals surface area (Å²) in [5.74, 6) is -0.801. The number of hydrogen-bond donors (Lipinski definition) is 1. The highest BCUT2D eigenvalue weighted by Gasteiger charge is 2.09. The first kappa shape index (κ1) is 13.0. The largest absolute Gasteiger partial charge is 0.321 e. The van der Waals surface area contributed by atoms with Crippen molar-refractivity contribution in [2.75, 3.05) is 5.32 Å². The first-order valence-electron chi connectivity index (χ1n) is 4.95. The van der Waals surface area contributed by atoms with Crippen LogP contribution >= 0.6 is 27.5 Å². The van der Waals surface area contributed by atoms with Gasteiger partial charge < -0.3 is 5.32 Å². The van der Waals surface area contributed by atoms with Gasteiger partial charge >= 0.3 is 0 Å². The zero-order valence-corrected chi connectivity index (χ0v) is 11.3. The van der Waals surface area contributed by atoms with Crippen LogP contribution in [0.25, 0.3) is 0 Å². The Morgan fingerprint density at radius 3 is 2.78 bits per heavy atom. The maximum absolute atomic E-state index is 13.0. The van der Waals surface area contributed by atoms with Gasteiger partial charge in [0, 0.05) is 5.69 Å². The van der Waals surface area contributed by atoms with E-state index in [-0.39, 0.29) is 15.3 Å². The van der Waals surface area contributed by atoms with Crippen LogP contribution in [0, 0.1) is 5.82 Å². The first-order valence-corrected chi connectivity index (χ1v) is 6.12. The molecule has 0 unspecified atom stereocenters. The summed E-state index contributed by atoms with van der Waals surface area (Å²) >= 11 is 8.73. The lowest BCUT2D eigenvalue weighted by Crippen LogP contribution is -2.13. The van der Waals surface area contributed by atoms with Gasteiger partial charge in [-0.05, 0) is 46.3 Å². The van der Waals surface area contributed by atoms with Crippen molar-refractivity contribution >= 4 is 39.1 Å². The lowest BCUT2D eigenvalue weighted by atomic mass is 10.3.